The van der Waals surface area contributed by atoms with E-state index in [4.69, 9.17) is 10.1 Å². The average Bonchev–Trinajstić information content (AvgIpc) is 2.29. The average molecular weight is 207 g/mol. The molecule has 0 saturated carbocycles. The van der Waals surface area contributed by atoms with Crippen LogP contribution in [0.2, 0.25) is 0 Å². The molecule has 1 aromatic rings. The molecule has 0 spiro atoms. The lowest BCUT2D eigenvalue weighted by molar-refractivity contribution is 0.0511. The third kappa shape index (κ3) is 3.81. The Balaban J connectivity index is 2.34. The molecule has 1 N–H and O–H groups in total. The predicted molar refractivity (Wildman–Crippen MR) is 56.1 cm³/mol. The zero-order valence-electron chi connectivity index (χ0n) is 8.53. The molecule has 0 saturated heterocycles. The highest BCUT2D eigenvalue weighted by Crippen LogP contribution is 2.01. The van der Waals surface area contributed by atoms with Crippen LogP contribution in [0.3, 0.4) is 0 Å². The van der Waals surface area contributed by atoms with Crippen molar-refractivity contribution < 1.29 is 14.3 Å². The van der Waals surface area contributed by atoms with Crippen molar-refractivity contribution in [1.82, 2.24) is 0 Å². The van der Waals surface area contributed by atoms with E-state index in [1.54, 1.807) is 24.3 Å². The molecule has 4 heteroatoms. The van der Waals surface area contributed by atoms with Crippen LogP contribution in [-0.2, 0) is 9.47 Å². The normalized spacial score (nSPS) is 9.40. The quantitative estimate of drug-likeness (QED) is 0.465. The smallest absolute Gasteiger partial charge is 0.338 e. The van der Waals surface area contributed by atoms with Gasteiger partial charge in [-0.15, -0.1) is 0 Å². The van der Waals surface area contributed by atoms with Gasteiger partial charge in [-0.1, -0.05) is 18.2 Å². The van der Waals surface area contributed by atoms with Gasteiger partial charge in [-0.25, -0.2) is 4.79 Å². The largest absolute Gasteiger partial charge is 0.484 e. The van der Waals surface area contributed by atoms with Gasteiger partial charge in [0.2, 0.25) is 0 Å². The van der Waals surface area contributed by atoms with Crippen molar-refractivity contribution in [2.45, 2.75) is 6.42 Å². The van der Waals surface area contributed by atoms with E-state index >= 15 is 0 Å². The number of nitrogens with one attached hydrogen (secondary N) is 1. The summed E-state index contributed by atoms with van der Waals surface area (Å²) in [5, 5.41) is 7.17. The second-order valence-electron chi connectivity index (χ2n) is 2.88. The highest BCUT2D eigenvalue weighted by molar-refractivity contribution is 5.89. The van der Waals surface area contributed by atoms with Crippen LogP contribution in [0.25, 0.3) is 0 Å². The fourth-order valence-electron chi connectivity index (χ4n) is 0.996. The highest BCUT2D eigenvalue weighted by atomic mass is 16.5. The topological polar surface area (TPSA) is 59.4 Å². The molecule has 0 aromatic heterocycles. The van der Waals surface area contributed by atoms with Gasteiger partial charge in [0.05, 0.1) is 19.1 Å². The molecule has 0 fully saturated rings. The van der Waals surface area contributed by atoms with E-state index in [0.29, 0.717) is 12.0 Å². The maximum Gasteiger partial charge on any atom is 0.338 e. The summed E-state index contributed by atoms with van der Waals surface area (Å²) in [5.41, 5.74) is 0.515. The zero-order valence-corrected chi connectivity index (χ0v) is 8.53. The summed E-state index contributed by atoms with van der Waals surface area (Å²) in [7, 11) is 1.42. The van der Waals surface area contributed by atoms with E-state index in [-0.39, 0.29) is 18.5 Å². The van der Waals surface area contributed by atoms with E-state index < -0.39 is 0 Å². The number of carbonyl (C=O) groups is 1. The molecule has 0 amide bonds. The lowest BCUT2D eigenvalue weighted by Crippen LogP contribution is -2.10. The molecule has 0 atom stereocenters. The second kappa shape index (κ2) is 5.80. The summed E-state index contributed by atoms with van der Waals surface area (Å²) < 4.78 is 9.57. The minimum Gasteiger partial charge on any atom is -0.484 e. The monoisotopic (exact) mass is 207 g/mol. The number of esters is 1. The molecular formula is C11H13NO3. The van der Waals surface area contributed by atoms with Gasteiger partial charge >= 0.3 is 5.97 Å². The van der Waals surface area contributed by atoms with Crippen molar-refractivity contribution >= 4 is 11.9 Å². The molecule has 15 heavy (non-hydrogen) atoms. The molecule has 80 valence electrons. The summed E-state index contributed by atoms with van der Waals surface area (Å²) in [4.78, 5) is 11.4. The van der Waals surface area contributed by atoms with Crippen LogP contribution in [0.5, 0.6) is 0 Å². The number of benzene rings is 1. The second-order valence-corrected chi connectivity index (χ2v) is 2.88. The van der Waals surface area contributed by atoms with Crippen LogP contribution >= 0.6 is 0 Å². The van der Waals surface area contributed by atoms with Crippen molar-refractivity contribution in [2.24, 2.45) is 0 Å². The maximum absolute atomic E-state index is 11.4. The van der Waals surface area contributed by atoms with Gasteiger partial charge in [-0.2, -0.15) is 0 Å². The Morgan fingerprint density at radius 2 is 2.00 bits per heavy atom. The Kier molecular flexibility index (Phi) is 4.34. The molecule has 1 aromatic carbocycles. The van der Waals surface area contributed by atoms with E-state index in [2.05, 4.69) is 4.74 Å². The Morgan fingerprint density at radius 3 is 2.60 bits per heavy atom. The first-order valence-electron chi connectivity index (χ1n) is 4.57. The SMILES string of the molecule is COC(=N)CCOC(=O)c1ccccc1. The summed E-state index contributed by atoms with van der Waals surface area (Å²) in [6.07, 6.45) is 0.301. The molecule has 0 unspecified atom stereocenters. The molecule has 4 nitrogen and oxygen atoms in total. The lowest BCUT2D eigenvalue weighted by atomic mass is 10.2. The zero-order chi connectivity index (χ0) is 11.1. The molecule has 1 rings (SSSR count). The first-order valence-corrected chi connectivity index (χ1v) is 4.57. The van der Waals surface area contributed by atoms with Crippen LogP contribution in [0.1, 0.15) is 16.8 Å². The van der Waals surface area contributed by atoms with Crippen LogP contribution < -0.4 is 0 Å². The maximum atomic E-state index is 11.4. The Morgan fingerprint density at radius 1 is 1.33 bits per heavy atom. The van der Waals surface area contributed by atoms with Gasteiger partial charge in [0.25, 0.3) is 0 Å². The number of hydrogen-bond donors (Lipinski definition) is 1. The van der Waals surface area contributed by atoms with Crippen LogP contribution in [0.4, 0.5) is 0 Å². The molecule has 0 radical (unpaired) electrons. The van der Waals surface area contributed by atoms with Crippen molar-refractivity contribution in [2.75, 3.05) is 13.7 Å². The van der Waals surface area contributed by atoms with Gasteiger partial charge < -0.3 is 9.47 Å². The Bertz CT molecular complexity index is 335. The van der Waals surface area contributed by atoms with Crippen molar-refractivity contribution in [3.63, 3.8) is 0 Å². The highest BCUT2D eigenvalue weighted by Gasteiger charge is 2.05. The number of carbonyl (C=O) groups excluding carboxylic acids is 1. The number of rotatable bonds is 4. The van der Waals surface area contributed by atoms with Crippen molar-refractivity contribution in [3.8, 4) is 0 Å². The Labute approximate surface area is 88.3 Å². The van der Waals surface area contributed by atoms with Crippen molar-refractivity contribution in [1.29, 1.82) is 5.41 Å². The van der Waals surface area contributed by atoms with E-state index in [0.717, 1.165) is 0 Å². The third-order valence-electron chi connectivity index (χ3n) is 1.82. The van der Waals surface area contributed by atoms with Gasteiger partial charge in [-0.3, -0.25) is 5.41 Å². The van der Waals surface area contributed by atoms with Gasteiger partial charge in [-0.05, 0) is 12.1 Å². The first kappa shape index (κ1) is 11.2. The number of methoxy groups -OCH3 is 1. The van der Waals surface area contributed by atoms with Gasteiger partial charge in [0.1, 0.15) is 6.61 Å². The minimum atomic E-state index is -0.375. The van der Waals surface area contributed by atoms with E-state index in [9.17, 15) is 4.79 Å². The van der Waals surface area contributed by atoms with Crippen LogP contribution in [0, 0.1) is 5.41 Å². The Hall–Kier alpha value is -1.84. The summed E-state index contributed by atoms with van der Waals surface area (Å²) in [6.45, 7) is 0.167. The molecule has 0 aliphatic carbocycles. The molecule has 0 aliphatic rings. The van der Waals surface area contributed by atoms with Crippen LogP contribution in [-0.4, -0.2) is 25.6 Å². The molecular weight excluding hydrogens is 194 g/mol. The first-order chi connectivity index (χ1) is 7.24. The summed E-state index contributed by atoms with van der Waals surface area (Å²) in [5.74, 6) is -0.268. The van der Waals surface area contributed by atoms with E-state index in [1.165, 1.54) is 7.11 Å². The predicted octanol–water partition coefficient (Wildman–Crippen LogP) is 1.86. The summed E-state index contributed by atoms with van der Waals surface area (Å²) >= 11 is 0. The fourth-order valence-corrected chi connectivity index (χ4v) is 0.996. The van der Waals surface area contributed by atoms with Crippen LogP contribution in [0.15, 0.2) is 30.3 Å². The molecule has 0 bridgehead atoms. The summed E-state index contributed by atoms with van der Waals surface area (Å²) in [6, 6.07) is 8.74. The fraction of sp³-hybridized carbons (Fsp3) is 0.273. The third-order valence-corrected chi connectivity index (χ3v) is 1.82. The van der Waals surface area contributed by atoms with Gasteiger partial charge in [0.15, 0.2) is 5.90 Å². The van der Waals surface area contributed by atoms with E-state index in [1.807, 2.05) is 6.07 Å². The number of ether oxygens (including phenoxy) is 2. The molecule has 0 aliphatic heterocycles. The number of hydrogen-bond acceptors (Lipinski definition) is 4. The minimum absolute atomic E-state index is 0.107. The van der Waals surface area contributed by atoms with Crippen molar-refractivity contribution in [3.05, 3.63) is 35.9 Å². The standard InChI is InChI=1S/C11H13NO3/c1-14-10(12)7-8-15-11(13)9-5-3-2-4-6-9/h2-6,12H,7-8H2,1H3. The molecule has 0 heterocycles. The lowest BCUT2D eigenvalue weighted by Gasteiger charge is -2.04. The van der Waals surface area contributed by atoms with Gasteiger partial charge in [0, 0.05) is 0 Å².